The molecule has 0 atom stereocenters. The Hall–Kier alpha value is -1.40. The highest BCUT2D eigenvalue weighted by molar-refractivity contribution is 7.85. The molecule has 0 N–H and O–H groups in total. The average Bonchev–Trinajstić information content (AvgIpc) is 2.71. The van der Waals surface area contributed by atoms with Crippen molar-refractivity contribution in [3.05, 3.63) is 30.0 Å². The Balaban J connectivity index is 2.13. The van der Waals surface area contributed by atoms with Crippen molar-refractivity contribution in [2.45, 2.75) is 26.3 Å². The minimum Gasteiger partial charge on any atom is -0.270 e. The molecule has 0 aliphatic carbocycles. The molecule has 1 aromatic carbocycles. The maximum atomic E-state index is 10.9. The summed E-state index contributed by atoms with van der Waals surface area (Å²) in [6.07, 6.45) is 4.51. The van der Waals surface area contributed by atoms with Crippen LogP contribution in [0.3, 0.4) is 0 Å². The quantitative estimate of drug-likeness (QED) is 0.760. The second kappa shape index (κ2) is 5.71. The molecule has 5 nitrogen and oxygen atoms in total. The standard InChI is InChI=1S/C13H18N2O3S/c1-3-7-15-13-9-11(4-5-12(13)10-14-15)6-8-18-19(2,16)17/h4-5,9-10H,3,6-8H2,1-2H3. The third kappa shape index (κ3) is 3.78. The van der Waals surface area contributed by atoms with Crippen molar-refractivity contribution in [3.8, 4) is 0 Å². The molecular weight excluding hydrogens is 264 g/mol. The first-order valence-corrected chi connectivity index (χ1v) is 8.10. The fourth-order valence-corrected chi connectivity index (χ4v) is 2.36. The summed E-state index contributed by atoms with van der Waals surface area (Å²) >= 11 is 0. The Morgan fingerprint density at radius 1 is 1.37 bits per heavy atom. The third-order valence-electron chi connectivity index (χ3n) is 2.83. The van der Waals surface area contributed by atoms with Crippen molar-refractivity contribution in [2.24, 2.45) is 0 Å². The summed E-state index contributed by atoms with van der Waals surface area (Å²) in [6, 6.07) is 6.03. The largest absolute Gasteiger partial charge is 0.270 e. The predicted molar refractivity (Wildman–Crippen MR) is 74.5 cm³/mol. The van der Waals surface area contributed by atoms with Gasteiger partial charge in [0.05, 0.1) is 24.6 Å². The topological polar surface area (TPSA) is 61.2 Å². The molecule has 0 saturated carbocycles. The van der Waals surface area contributed by atoms with Crippen LogP contribution in [0.4, 0.5) is 0 Å². The van der Waals surface area contributed by atoms with E-state index in [1.54, 1.807) is 0 Å². The van der Waals surface area contributed by atoms with E-state index in [9.17, 15) is 8.42 Å². The molecule has 0 radical (unpaired) electrons. The molecule has 19 heavy (non-hydrogen) atoms. The smallest absolute Gasteiger partial charge is 0.264 e. The summed E-state index contributed by atoms with van der Waals surface area (Å²) in [5, 5.41) is 5.43. The second-order valence-corrected chi connectivity index (χ2v) is 6.18. The van der Waals surface area contributed by atoms with Gasteiger partial charge in [0.15, 0.2) is 0 Å². The summed E-state index contributed by atoms with van der Waals surface area (Å²) in [6.45, 7) is 3.16. The summed E-state index contributed by atoms with van der Waals surface area (Å²) in [5.41, 5.74) is 2.13. The van der Waals surface area contributed by atoms with E-state index in [1.807, 2.05) is 29.1 Å². The number of nitrogens with zero attached hydrogens (tertiary/aromatic N) is 2. The molecule has 0 aliphatic heterocycles. The van der Waals surface area contributed by atoms with Crippen LogP contribution in [0.1, 0.15) is 18.9 Å². The van der Waals surface area contributed by atoms with Crippen molar-refractivity contribution < 1.29 is 12.6 Å². The van der Waals surface area contributed by atoms with E-state index in [0.29, 0.717) is 6.42 Å². The van der Waals surface area contributed by atoms with Crippen molar-refractivity contribution in [2.75, 3.05) is 12.9 Å². The lowest BCUT2D eigenvalue weighted by Gasteiger charge is -2.04. The number of aryl methyl sites for hydroxylation is 1. The SMILES string of the molecule is CCCn1ncc2ccc(CCOS(C)(=O)=O)cc21. The van der Waals surface area contributed by atoms with E-state index in [4.69, 9.17) is 4.18 Å². The Kier molecular flexibility index (Phi) is 4.21. The average molecular weight is 282 g/mol. The van der Waals surface area contributed by atoms with Gasteiger partial charge in [0.2, 0.25) is 0 Å². The first-order valence-electron chi connectivity index (χ1n) is 6.28. The summed E-state index contributed by atoms with van der Waals surface area (Å²) < 4.78 is 28.5. The fourth-order valence-electron chi connectivity index (χ4n) is 1.97. The highest BCUT2D eigenvalue weighted by atomic mass is 32.2. The number of benzene rings is 1. The molecule has 6 heteroatoms. The lowest BCUT2D eigenvalue weighted by atomic mass is 10.1. The maximum absolute atomic E-state index is 10.9. The van der Waals surface area contributed by atoms with Crippen molar-refractivity contribution in [1.29, 1.82) is 0 Å². The molecule has 0 amide bonds. The van der Waals surface area contributed by atoms with Gasteiger partial charge in [-0.1, -0.05) is 19.1 Å². The second-order valence-electron chi connectivity index (χ2n) is 4.54. The Morgan fingerprint density at radius 3 is 2.84 bits per heavy atom. The molecule has 2 aromatic rings. The molecule has 0 bridgehead atoms. The van der Waals surface area contributed by atoms with E-state index in [0.717, 1.165) is 35.7 Å². The molecule has 2 rings (SSSR count). The van der Waals surface area contributed by atoms with Gasteiger partial charge in [-0.05, 0) is 24.5 Å². The molecule has 0 spiro atoms. The summed E-state index contributed by atoms with van der Waals surface area (Å²) in [7, 11) is -3.36. The van der Waals surface area contributed by atoms with Crippen LogP contribution in [-0.2, 0) is 27.3 Å². The normalized spacial score (nSPS) is 12.1. The van der Waals surface area contributed by atoms with Crippen LogP contribution in [0, 0.1) is 0 Å². The van der Waals surface area contributed by atoms with Gasteiger partial charge in [-0.15, -0.1) is 0 Å². The molecule has 0 aliphatic rings. The van der Waals surface area contributed by atoms with Gasteiger partial charge in [-0.3, -0.25) is 8.86 Å². The van der Waals surface area contributed by atoms with Crippen molar-refractivity contribution >= 4 is 21.0 Å². The zero-order chi connectivity index (χ0) is 13.9. The summed E-state index contributed by atoms with van der Waals surface area (Å²) in [4.78, 5) is 0. The zero-order valence-electron chi connectivity index (χ0n) is 11.2. The van der Waals surface area contributed by atoms with Gasteiger partial charge >= 0.3 is 0 Å². The van der Waals surface area contributed by atoms with Crippen LogP contribution < -0.4 is 0 Å². The Labute approximate surface area is 113 Å². The molecule has 0 fully saturated rings. The van der Waals surface area contributed by atoms with Crippen molar-refractivity contribution in [1.82, 2.24) is 9.78 Å². The van der Waals surface area contributed by atoms with Crippen LogP contribution >= 0.6 is 0 Å². The van der Waals surface area contributed by atoms with Gasteiger partial charge in [0.1, 0.15) is 0 Å². The minimum atomic E-state index is -3.36. The lowest BCUT2D eigenvalue weighted by Crippen LogP contribution is -2.06. The van der Waals surface area contributed by atoms with E-state index in [2.05, 4.69) is 12.0 Å². The fraction of sp³-hybridized carbons (Fsp3) is 0.462. The third-order valence-corrected chi connectivity index (χ3v) is 3.43. The van der Waals surface area contributed by atoms with Crippen LogP contribution in [-0.4, -0.2) is 31.1 Å². The van der Waals surface area contributed by atoms with Crippen LogP contribution in [0.2, 0.25) is 0 Å². The maximum Gasteiger partial charge on any atom is 0.264 e. The van der Waals surface area contributed by atoms with E-state index >= 15 is 0 Å². The lowest BCUT2D eigenvalue weighted by molar-refractivity contribution is 0.326. The number of hydrogen-bond donors (Lipinski definition) is 0. The minimum absolute atomic E-state index is 0.173. The molecule has 0 unspecified atom stereocenters. The van der Waals surface area contributed by atoms with E-state index in [1.165, 1.54) is 0 Å². The monoisotopic (exact) mass is 282 g/mol. The van der Waals surface area contributed by atoms with E-state index in [-0.39, 0.29) is 6.61 Å². The number of rotatable bonds is 6. The first kappa shape index (κ1) is 14.0. The van der Waals surface area contributed by atoms with Crippen LogP contribution in [0.25, 0.3) is 10.9 Å². The number of hydrogen-bond acceptors (Lipinski definition) is 4. The number of aromatic nitrogens is 2. The van der Waals surface area contributed by atoms with Gasteiger partial charge < -0.3 is 0 Å². The zero-order valence-corrected chi connectivity index (χ0v) is 12.0. The number of fused-ring (bicyclic) bond motifs is 1. The molecule has 1 aromatic heterocycles. The van der Waals surface area contributed by atoms with Gasteiger partial charge in [0.25, 0.3) is 10.1 Å². The molecule has 0 saturated heterocycles. The Morgan fingerprint density at radius 2 is 2.16 bits per heavy atom. The first-order chi connectivity index (χ1) is 8.99. The van der Waals surface area contributed by atoms with Gasteiger partial charge in [-0.25, -0.2) is 0 Å². The van der Waals surface area contributed by atoms with Crippen molar-refractivity contribution in [3.63, 3.8) is 0 Å². The highest BCUT2D eigenvalue weighted by Crippen LogP contribution is 2.16. The predicted octanol–water partition coefficient (Wildman–Crippen LogP) is 1.97. The van der Waals surface area contributed by atoms with Gasteiger partial charge in [-0.2, -0.15) is 13.5 Å². The van der Waals surface area contributed by atoms with Crippen LogP contribution in [0.15, 0.2) is 24.4 Å². The van der Waals surface area contributed by atoms with Crippen LogP contribution in [0.5, 0.6) is 0 Å². The van der Waals surface area contributed by atoms with Gasteiger partial charge in [0, 0.05) is 11.9 Å². The molecule has 104 valence electrons. The highest BCUT2D eigenvalue weighted by Gasteiger charge is 2.05. The van der Waals surface area contributed by atoms with E-state index < -0.39 is 10.1 Å². The molecular formula is C13H18N2O3S. The summed E-state index contributed by atoms with van der Waals surface area (Å²) in [5.74, 6) is 0. The molecule has 1 heterocycles. The Bertz CT molecular complexity index is 662.